The van der Waals surface area contributed by atoms with E-state index in [2.05, 4.69) is 10.4 Å². The fraction of sp³-hybridized carbons (Fsp3) is 0.200. The molecule has 2 aromatic rings. The van der Waals surface area contributed by atoms with Crippen LogP contribution in [0, 0.1) is 0 Å². The van der Waals surface area contributed by atoms with E-state index in [4.69, 9.17) is 9.84 Å². The van der Waals surface area contributed by atoms with Crippen LogP contribution >= 0.6 is 0 Å². The van der Waals surface area contributed by atoms with E-state index in [9.17, 15) is 19.5 Å². The van der Waals surface area contributed by atoms with Crippen LogP contribution in [-0.2, 0) is 4.79 Å². The Hall–Kier alpha value is -3.36. The Morgan fingerprint density at radius 3 is 2.71 bits per heavy atom. The van der Waals surface area contributed by atoms with Crippen LogP contribution in [0.5, 0.6) is 11.5 Å². The Bertz CT molecular complexity index is 830. The van der Waals surface area contributed by atoms with Crippen molar-refractivity contribution in [3.63, 3.8) is 0 Å². The van der Waals surface area contributed by atoms with Gasteiger partial charge in [0, 0.05) is 12.6 Å². The van der Waals surface area contributed by atoms with E-state index >= 15 is 0 Å². The normalized spacial score (nSPS) is 10.2. The second-order valence-corrected chi connectivity index (χ2v) is 4.70. The highest BCUT2D eigenvalue weighted by atomic mass is 16.5. The van der Waals surface area contributed by atoms with Crippen LogP contribution in [-0.4, -0.2) is 45.5 Å². The lowest BCUT2D eigenvalue weighted by molar-refractivity contribution is -0.136. The van der Waals surface area contributed by atoms with Crippen molar-refractivity contribution in [2.75, 3.05) is 13.7 Å². The molecule has 0 fully saturated rings. The van der Waals surface area contributed by atoms with Crippen molar-refractivity contribution in [1.29, 1.82) is 0 Å². The predicted octanol–water partition coefficient (Wildman–Crippen LogP) is 0.151. The van der Waals surface area contributed by atoms with Gasteiger partial charge in [0.05, 0.1) is 13.5 Å². The summed E-state index contributed by atoms with van der Waals surface area (Å²) in [5.74, 6) is -2.11. The lowest BCUT2D eigenvalue weighted by Gasteiger charge is -2.11. The van der Waals surface area contributed by atoms with E-state index in [1.165, 1.54) is 7.11 Å². The lowest BCUT2D eigenvalue weighted by Crippen LogP contribution is -2.30. The molecule has 1 heterocycles. The summed E-state index contributed by atoms with van der Waals surface area (Å²) < 4.78 is 6.07. The van der Waals surface area contributed by atoms with Gasteiger partial charge in [-0.15, -0.1) is 0 Å². The van der Waals surface area contributed by atoms with Crippen LogP contribution in [0.1, 0.15) is 16.9 Å². The van der Waals surface area contributed by atoms with E-state index in [0.29, 0.717) is 11.4 Å². The molecule has 0 saturated carbocycles. The van der Waals surface area contributed by atoms with Crippen molar-refractivity contribution in [1.82, 2.24) is 15.1 Å². The molecular formula is C15H15N3O6. The molecule has 3 N–H and O–H groups in total. The van der Waals surface area contributed by atoms with Gasteiger partial charge in [0.1, 0.15) is 11.4 Å². The highest BCUT2D eigenvalue weighted by molar-refractivity contribution is 5.94. The van der Waals surface area contributed by atoms with Crippen molar-refractivity contribution in [2.24, 2.45) is 0 Å². The number of carboxylic acids is 1. The third-order valence-electron chi connectivity index (χ3n) is 3.06. The number of aromatic hydroxyl groups is 1. The summed E-state index contributed by atoms with van der Waals surface area (Å²) in [6.07, 6.45) is -0.279. The van der Waals surface area contributed by atoms with Crippen LogP contribution < -0.4 is 15.6 Å². The maximum absolute atomic E-state index is 12.1. The number of rotatable bonds is 6. The van der Waals surface area contributed by atoms with Crippen LogP contribution in [0.4, 0.5) is 0 Å². The Morgan fingerprint density at radius 1 is 1.33 bits per heavy atom. The monoisotopic (exact) mass is 333 g/mol. The second kappa shape index (κ2) is 7.27. The number of ether oxygens (including phenoxy) is 1. The molecule has 0 aliphatic heterocycles. The summed E-state index contributed by atoms with van der Waals surface area (Å²) in [7, 11) is 1.42. The maximum atomic E-state index is 12.1. The average molecular weight is 333 g/mol. The molecule has 0 bridgehead atoms. The zero-order valence-electron chi connectivity index (χ0n) is 12.7. The van der Waals surface area contributed by atoms with Crippen molar-refractivity contribution >= 4 is 11.9 Å². The molecule has 0 radical (unpaired) electrons. The first-order valence-electron chi connectivity index (χ1n) is 6.90. The van der Waals surface area contributed by atoms with Gasteiger partial charge in [0.15, 0.2) is 11.4 Å². The minimum atomic E-state index is -1.08. The summed E-state index contributed by atoms with van der Waals surface area (Å²) >= 11 is 0. The quantitative estimate of drug-likeness (QED) is 0.686. The molecule has 9 heteroatoms. The van der Waals surface area contributed by atoms with E-state index in [1.54, 1.807) is 24.3 Å². The Morgan fingerprint density at radius 2 is 2.04 bits per heavy atom. The zero-order valence-corrected chi connectivity index (χ0v) is 12.7. The molecule has 9 nitrogen and oxygen atoms in total. The predicted molar refractivity (Wildman–Crippen MR) is 82.6 cm³/mol. The van der Waals surface area contributed by atoms with Gasteiger partial charge in [-0.05, 0) is 12.1 Å². The third kappa shape index (κ3) is 3.69. The van der Waals surface area contributed by atoms with E-state index < -0.39 is 28.9 Å². The molecule has 0 spiro atoms. The molecule has 1 aromatic heterocycles. The van der Waals surface area contributed by atoms with Crippen molar-refractivity contribution in [2.45, 2.75) is 6.42 Å². The molecule has 0 aliphatic rings. The number of amides is 1. The number of hydrogen-bond donors (Lipinski definition) is 3. The summed E-state index contributed by atoms with van der Waals surface area (Å²) in [4.78, 5) is 34.5. The second-order valence-electron chi connectivity index (χ2n) is 4.70. The number of hydrogen-bond acceptors (Lipinski definition) is 6. The molecular weight excluding hydrogens is 318 g/mol. The number of benzene rings is 1. The Balaban J connectivity index is 2.40. The smallest absolute Gasteiger partial charge is 0.305 e. The number of nitrogens with one attached hydrogen (secondary N) is 1. The fourth-order valence-corrected chi connectivity index (χ4v) is 1.95. The topological polar surface area (TPSA) is 131 Å². The number of carbonyl (C=O) groups excluding carboxylic acids is 1. The van der Waals surface area contributed by atoms with Crippen LogP contribution in [0.25, 0.3) is 5.69 Å². The van der Waals surface area contributed by atoms with Crippen molar-refractivity contribution in [3.05, 3.63) is 46.4 Å². The Labute approximate surface area is 136 Å². The summed E-state index contributed by atoms with van der Waals surface area (Å²) in [5.41, 5.74) is -0.755. The molecule has 24 heavy (non-hydrogen) atoms. The average Bonchev–Trinajstić information content (AvgIpc) is 2.54. The standard InChI is InChI=1S/C15H15N3O6/c1-24-11-5-3-2-4-9(11)18-12(20)8-10(19)14(17-18)15(23)16-7-6-13(21)22/h2-5,8,19H,6-7H2,1H3,(H,16,23)(H,21,22). The molecule has 1 aromatic carbocycles. The van der Waals surface area contributed by atoms with Gasteiger partial charge in [0.25, 0.3) is 11.5 Å². The summed E-state index contributed by atoms with van der Waals surface area (Å²) in [6.45, 7) is -0.136. The van der Waals surface area contributed by atoms with Crippen LogP contribution in [0.15, 0.2) is 35.1 Å². The van der Waals surface area contributed by atoms with E-state index in [1.807, 2.05) is 0 Å². The molecule has 0 saturated heterocycles. The number of methoxy groups -OCH3 is 1. The maximum Gasteiger partial charge on any atom is 0.305 e. The number of aromatic nitrogens is 2. The molecule has 2 rings (SSSR count). The number of para-hydroxylation sites is 2. The van der Waals surface area contributed by atoms with Gasteiger partial charge >= 0.3 is 5.97 Å². The fourth-order valence-electron chi connectivity index (χ4n) is 1.95. The first-order valence-corrected chi connectivity index (χ1v) is 6.90. The van der Waals surface area contributed by atoms with Crippen LogP contribution in [0.2, 0.25) is 0 Å². The molecule has 126 valence electrons. The van der Waals surface area contributed by atoms with Gasteiger partial charge in [-0.1, -0.05) is 12.1 Å². The van der Waals surface area contributed by atoms with E-state index in [-0.39, 0.29) is 13.0 Å². The number of carbonyl (C=O) groups is 2. The lowest BCUT2D eigenvalue weighted by atomic mass is 10.3. The number of aliphatic carboxylic acids is 1. The minimum absolute atomic E-state index is 0.136. The minimum Gasteiger partial charge on any atom is -0.505 e. The molecule has 0 atom stereocenters. The van der Waals surface area contributed by atoms with Gasteiger partial charge in [0.2, 0.25) is 0 Å². The molecule has 1 amide bonds. The third-order valence-corrected chi connectivity index (χ3v) is 3.06. The summed E-state index contributed by atoms with van der Waals surface area (Å²) in [5, 5.41) is 24.5. The first kappa shape index (κ1) is 17.0. The van der Waals surface area contributed by atoms with Crippen molar-refractivity contribution < 1.29 is 24.5 Å². The van der Waals surface area contributed by atoms with Crippen LogP contribution in [0.3, 0.4) is 0 Å². The number of carboxylic acid groups (broad SMARTS) is 1. The Kier molecular flexibility index (Phi) is 5.15. The highest BCUT2D eigenvalue weighted by Gasteiger charge is 2.18. The molecule has 0 unspecified atom stereocenters. The molecule has 0 aliphatic carbocycles. The highest BCUT2D eigenvalue weighted by Crippen LogP contribution is 2.21. The van der Waals surface area contributed by atoms with Gasteiger partial charge in [-0.25, -0.2) is 0 Å². The SMILES string of the molecule is COc1ccccc1-n1nc(C(=O)NCCC(=O)O)c(O)cc1=O. The van der Waals surface area contributed by atoms with Crippen molar-refractivity contribution in [3.8, 4) is 17.2 Å². The summed E-state index contributed by atoms with van der Waals surface area (Å²) in [6, 6.07) is 7.39. The van der Waals surface area contributed by atoms with Gasteiger partial charge in [-0.3, -0.25) is 14.4 Å². The zero-order chi connectivity index (χ0) is 17.7. The van der Waals surface area contributed by atoms with Gasteiger partial charge < -0.3 is 20.3 Å². The van der Waals surface area contributed by atoms with E-state index in [0.717, 1.165) is 10.7 Å². The number of nitrogens with zero attached hydrogens (tertiary/aromatic N) is 2. The first-order chi connectivity index (χ1) is 11.4. The largest absolute Gasteiger partial charge is 0.505 e. The van der Waals surface area contributed by atoms with Gasteiger partial charge in [-0.2, -0.15) is 9.78 Å².